The maximum absolute atomic E-state index is 14.1. The van der Waals surface area contributed by atoms with Gasteiger partial charge in [0.05, 0.1) is 11.6 Å². The summed E-state index contributed by atoms with van der Waals surface area (Å²) >= 11 is 0. The van der Waals surface area contributed by atoms with Crippen LogP contribution in [0.1, 0.15) is 41.9 Å². The van der Waals surface area contributed by atoms with Crippen molar-refractivity contribution in [3.05, 3.63) is 77.1 Å². The average molecular weight is 443 g/mol. The highest BCUT2D eigenvalue weighted by Gasteiger charge is 2.21. The molecular formula is C24H22FN7O. The lowest BCUT2D eigenvalue weighted by Gasteiger charge is -2.23. The van der Waals surface area contributed by atoms with Crippen LogP contribution in [0.25, 0.3) is 5.57 Å². The minimum absolute atomic E-state index is 0.0239. The molecule has 0 fully saturated rings. The van der Waals surface area contributed by atoms with Crippen molar-refractivity contribution in [2.45, 2.75) is 26.3 Å². The first kappa shape index (κ1) is 22.0. The fraction of sp³-hybridized carbons (Fsp3) is 0.208. The summed E-state index contributed by atoms with van der Waals surface area (Å²) in [6.45, 7) is 3.95. The highest BCUT2D eigenvalue weighted by atomic mass is 19.1. The molecule has 33 heavy (non-hydrogen) atoms. The number of halogens is 1. The Bertz CT molecular complexity index is 1280. The predicted molar refractivity (Wildman–Crippen MR) is 123 cm³/mol. The minimum Gasteiger partial charge on any atom is -0.326 e. The molecular weight excluding hydrogens is 421 g/mol. The Balaban J connectivity index is 1.51. The molecule has 2 aromatic carbocycles. The van der Waals surface area contributed by atoms with Gasteiger partial charge in [0.15, 0.2) is 5.82 Å². The van der Waals surface area contributed by atoms with Crippen LogP contribution in [-0.4, -0.2) is 27.4 Å². The number of hydrogen-bond donors (Lipinski definition) is 3. The highest BCUT2D eigenvalue weighted by Crippen LogP contribution is 2.30. The van der Waals surface area contributed by atoms with E-state index in [4.69, 9.17) is 5.26 Å². The van der Waals surface area contributed by atoms with Gasteiger partial charge in [0.1, 0.15) is 18.2 Å². The molecule has 0 radical (unpaired) electrons. The van der Waals surface area contributed by atoms with E-state index in [1.165, 1.54) is 25.4 Å². The van der Waals surface area contributed by atoms with Gasteiger partial charge in [-0.3, -0.25) is 4.79 Å². The summed E-state index contributed by atoms with van der Waals surface area (Å²) in [6, 6.07) is 11.9. The van der Waals surface area contributed by atoms with E-state index >= 15 is 0 Å². The molecule has 0 saturated carbocycles. The molecule has 2 heterocycles. The van der Waals surface area contributed by atoms with Crippen LogP contribution in [0.3, 0.4) is 0 Å². The molecule has 8 nitrogen and oxygen atoms in total. The fourth-order valence-electron chi connectivity index (χ4n) is 3.61. The second kappa shape index (κ2) is 9.54. The minimum atomic E-state index is -0.533. The maximum atomic E-state index is 14.1. The van der Waals surface area contributed by atoms with E-state index in [0.29, 0.717) is 30.4 Å². The van der Waals surface area contributed by atoms with Crippen molar-refractivity contribution >= 4 is 28.8 Å². The molecule has 166 valence electrons. The lowest BCUT2D eigenvalue weighted by molar-refractivity contribution is -0.114. The lowest BCUT2D eigenvalue weighted by Crippen LogP contribution is -2.27. The van der Waals surface area contributed by atoms with Gasteiger partial charge >= 0.3 is 0 Å². The lowest BCUT2D eigenvalue weighted by atomic mass is 9.94. The molecule has 1 atom stereocenters. The maximum Gasteiger partial charge on any atom is 0.230 e. The van der Waals surface area contributed by atoms with Crippen LogP contribution < -0.4 is 16.0 Å². The number of benzene rings is 2. The molecule has 0 saturated heterocycles. The number of rotatable bonds is 5. The van der Waals surface area contributed by atoms with Gasteiger partial charge < -0.3 is 16.0 Å². The Kier molecular flexibility index (Phi) is 6.38. The molecule has 1 unspecified atom stereocenters. The monoisotopic (exact) mass is 443 g/mol. The molecule has 1 aromatic heterocycles. The molecule has 4 rings (SSSR count). The number of aromatic nitrogens is 3. The summed E-state index contributed by atoms with van der Waals surface area (Å²) < 4.78 is 14.1. The summed E-state index contributed by atoms with van der Waals surface area (Å²) in [5.41, 5.74) is 4.09. The summed E-state index contributed by atoms with van der Waals surface area (Å²) in [7, 11) is 0. The van der Waals surface area contributed by atoms with Crippen LogP contribution in [0.4, 0.5) is 21.7 Å². The Morgan fingerprint density at radius 1 is 1.24 bits per heavy atom. The van der Waals surface area contributed by atoms with E-state index in [2.05, 4.69) is 30.9 Å². The third kappa shape index (κ3) is 5.19. The van der Waals surface area contributed by atoms with Gasteiger partial charge in [-0.15, -0.1) is 0 Å². The zero-order valence-corrected chi connectivity index (χ0v) is 18.2. The van der Waals surface area contributed by atoms with E-state index in [-0.39, 0.29) is 17.5 Å². The van der Waals surface area contributed by atoms with Crippen molar-refractivity contribution in [3.8, 4) is 6.07 Å². The van der Waals surface area contributed by atoms with Crippen molar-refractivity contribution in [2.75, 3.05) is 17.2 Å². The van der Waals surface area contributed by atoms with Gasteiger partial charge in [-0.1, -0.05) is 18.2 Å². The topological polar surface area (TPSA) is 116 Å². The van der Waals surface area contributed by atoms with Gasteiger partial charge in [-0.2, -0.15) is 10.2 Å². The van der Waals surface area contributed by atoms with Crippen molar-refractivity contribution in [3.63, 3.8) is 0 Å². The Hall–Kier alpha value is -4.16. The van der Waals surface area contributed by atoms with Gasteiger partial charge in [0, 0.05) is 24.8 Å². The van der Waals surface area contributed by atoms with Crippen LogP contribution in [0, 0.1) is 24.1 Å². The van der Waals surface area contributed by atoms with Gasteiger partial charge in [0.2, 0.25) is 11.9 Å². The summed E-state index contributed by atoms with van der Waals surface area (Å²) in [4.78, 5) is 24.5. The van der Waals surface area contributed by atoms with Gasteiger partial charge in [-0.25, -0.2) is 14.4 Å². The van der Waals surface area contributed by atoms with E-state index in [1.807, 2.05) is 37.3 Å². The number of nitrogens with one attached hydrogen (secondary N) is 3. The second-order valence-electron chi connectivity index (χ2n) is 7.70. The first-order chi connectivity index (χ1) is 15.9. The third-order valence-corrected chi connectivity index (χ3v) is 5.30. The molecule has 3 aromatic rings. The molecule has 1 amide bonds. The Morgan fingerprint density at radius 2 is 2.09 bits per heavy atom. The smallest absolute Gasteiger partial charge is 0.230 e. The third-order valence-electron chi connectivity index (χ3n) is 5.30. The van der Waals surface area contributed by atoms with Gasteiger partial charge in [-0.05, 0) is 54.3 Å². The quantitative estimate of drug-likeness (QED) is 0.546. The largest absolute Gasteiger partial charge is 0.326 e. The van der Waals surface area contributed by atoms with Crippen molar-refractivity contribution in [1.82, 2.24) is 20.3 Å². The molecule has 1 aliphatic rings. The van der Waals surface area contributed by atoms with E-state index < -0.39 is 5.82 Å². The van der Waals surface area contributed by atoms with E-state index in [1.54, 1.807) is 6.07 Å². The first-order valence-corrected chi connectivity index (χ1v) is 10.4. The number of anilines is 3. The number of carbonyl (C=O) groups is 1. The first-order valence-electron chi connectivity index (χ1n) is 10.4. The number of amides is 1. The molecule has 3 N–H and O–H groups in total. The zero-order valence-electron chi connectivity index (χ0n) is 18.2. The van der Waals surface area contributed by atoms with Crippen LogP contribution >= 0.6 is 0 Å². The standard InChI is InChI=1S/C24H22FN7O/c1-14-3-6-19(11-21(14)30-15(2)33)31-24-29-13-28-23(32-24)22-10-17(7-8-27-22)16-4-5-18(12-26)20(25)9-16/h3-7,9,11,13,22,27H,8,10H2,1-2H3,(H,30,33)(H,28,29,31,32). The summed E-state index contributed by atoms with van der Waals surface area (Å²) in [5.74, 6) is 0.253. The fourth-order valence-corrected chi connectivity index (χ4v) is 3.61. The Morgan fingerprint density at radius 3 is 2.85 bits per heavy atom. The van der Waals surface area contributed by atoms with E-state index in [9.17, 15) is 9.18 Å². The predicted octanol–water partition coefficient (Wildman–Crippen LogP) is 4.01. The van der Waals surface area contributed by atoms with Crippen LogP contribution in [-0.2, 0) is 4.79 Å². The van der Waals surface area contributed by atoms with Crippen molar-refractivity contribution < 1.29 is 9.18 Å². The van der Waals surface area contributed by atoms with Crippen molar-refractivity contribution in [1.29, 1.82) is 5.26 Å². The highest BCUT2D eigenvalue weighted by molar-refractivity contribution is 5.90. The molecule has 0 spiro atoms. The molecule has 0 bridgehead atoms. The molecule has 1 aliphatic heterocycles. The van der Waals surface area contributed by atoms with Crippen LogP contribution in [0.5, 0.6) is 0 Å². The average Bonchev–Trinajstić information content (AvgIpc) is 2.81. The Labute approximate surface area is 190 Å². The van der Waals surface area contributed by atoms with Crippen molar-refractivity contribution in [2.24, 2.45) is 0 Å². The number of hydrogen-bond acceptors (Lipinski definition) is 7. The SMILES string of the molecule is CC(=O)Nc1cc(Nc2ncnc(C3CC(c4ccc(C#N)c(F)c4)=CCN3)n2)ccc1C. The van der Waals surface area contributed by atoms with Gasteiger partial charge in [0.25, 0.3) is 0 Å². The van der Waals surface area contributed by atoms with E-state index in [0.717, 1.165) is 22.4 Å². The number of nitriles is 1. The summed E-state index contributed by atoms with van der Waals surface area (Å²) in [6.07, 6.45) is 3.99. The normalized spacial score (nSPS) is 15.3. The second-order valence-corrected chi connectivity index (χ2v) is 7.70. The molecule has 0 aliphatic carbocycles. The number of carbonyl (C=O) groups excluding carboxylic acids is 1. The van der Waals surface area contributed by atoms with Crippen LogP contribution in [0.2, 0.25) is 0 Å². The number of aryl methyl sites for hydroxylation is 1. The number of nitrogens with zero attached hydrogens (tertiary/aromatic N) is 4. The summed E-state index contributed by atoms with van der Waals surface area (Å²) in [5, 5.41) is 18.3. The molecule has 9 heteroatoms. The zero-order chi connectivity index (χ0) is 23.4. The van der Waals surface area contributed by atoms with Crippen LogP contribution in [0.15, 0.2) is 48.8 Å².